The fourth-order valence-electron chi connectivity index (χ4n) is 3.68. The van der Waals surface area contributed by atoms with E-state index in [1.165, 1.54) is 32.1 Å². The lowest BCUT2D eigenvalue weighted by molar-refractivity contribution is 0.106. The van der Waals surface area contributed by atoms with Gasteiger partial charge in [0.15, 0.2) is 0 Å². The Kier molecular flexibility index (Phi) is 5.82. The molecule has 0 amide bonds. The van der Waals surface area contributed by atoms with Crippen LogP contribution in [0.15, 0.2) is 12.3 Å². The summed E-state index contributed by atoms with van der Waals surface area (Å²) in [7, 11) is 0. The summed E-state index contributed by atoms with van der Waals surface area (Å²) in [5, 5.41) is 14.6. The molecule has 21 heavy (non-hydrogen) atoms. The lowest BCUT2D eigenvalue weighted by atomic mass is 9.77. The van der Waals surface area contributed by atoms with E-state index < -0.39 is 0 Å². The van der Waals surface area contributed by atoms with Crippen molar-refractivity contribution in [2.24, 2.45) is 17.1 Å². The van der Waals surface area contributed by atoms with Crippen LogP contribution in [0, 0.1) is 11.3 Å². The highest BCUT2D eigenvalue weighted by atomic mass is 16.3. The van der Waals surface area contributed by atoms with E-state index in [9.17, 15) is 5.11 Å². The van der Waals surface area contributed by atoms with Gasteiger partial charge in [-0.1, -0.05) is 33.1 Å². The first-order chi connectivity index (χ1) is 10.1. The minimum Gasteiger partial charge on any atom is -0.396 e. The van der Waals surface area contributed by atoms with Gasteiger partial charge in [-0.3, -0.25) is 4.68 Å². The zero-order chi connectivity index (χ0) is 15.3. The fraction of sp³-hybridized carbons (Fsp3) is 0.824. The number of nitrogens with two attached hydrogens (primary N) is 1. The number of aromatic nitrogens is 2. The summed E-state index contributed by atoms with van der Waals surface area (Å²) < 4.78 is 2.14. The van der Waals surface area contributed by atoms with E-state index in [2.05, 4.69) is 30.8 Å². The van der Waals surface area contributed by atoms with Crippen molar-refractivity contribution >= 4 is 0 Å². The molecule has 120 valence electrons. The summed E-state index contributed by atoms with van der Waals surface area (Å²) in [4.78, 5) is 0. The maximum Gasteiger partial charge on any atom is 0.0631 e. The molecule has 4 heteroatoms. The normalized spacial score (nSPS) is 19.9. The first-order valence-corrected chi connectivity index (χ1v) is 8.43. The number of hydrogen-bond donors (Lipinski definition) is 2. The number of aliphatic hydroxyl groups is 1. The summed E-state index contributed by atoms with van der Waals surface area (Å²) in [5.74, 6) is 0.529. The van der Waals surface area contributed by atoms with Gasteiger partial charge in [-0.15, -0.1) is 0 Å². The van der Waals surface area contributed by atoms with E-state index in [0.717, 1.165) is 18.5 Å². The third kappa shape index (κ3) is 4.30. The molecule has 1 aliphatic carbocycles. The second-order valence-corrected chi connectivity index (χ2v) is 7.22. The molecule has 0 radical (unpaired) electrons. The van der Waals surface area contributed by atoms with Gasteiger partial charge in [0, 0.05) is 24.6 Å². The van der Waals surface area contributed by atoms with Crippen LogP contribution in [0.25, 0.3) is 0 Å². The van der Waals surface area contributed by atoms with Gasteiger partial charge < -0.3 is 10.8 Å². The van der Waals surface area contributed by atoms with Gasteiger partial charge >= 0.3 is 0 Å². The largest absolute Gasteiger partial charge is 0.396 e. The molecule has 1 aromatic heterocycles. The maximum absolute atomic E-state index is 9.83. The third-order valence-electron chi connectivity index (χ3n) is 4.78. The maximum atomic E-state index is 9.83. The van der Waals surface area contributed by atoms with Gasteiger partial charge in [0.1, 0.15) is 0 Å². The highest BCUT2D eigenvalue weighted by molar-refractivity contribution is 5.05. The molecule has 1 saturated carbocycles. The number of nitrogens with zero attached hydrogens (tertiary/aromatic N) is 2. The first kappa shape index (κ1) is 16.5. The topological polar surface area (TPSA) is 64.1 Å². The van der Waals surface area contributed by atoms with Crippen molar-refractivity contribution in [2.75, 3.05) is 13.2 Å². The van der Waals surface area contributed by atoms with Crippen LogP contribution in [0.5, 0.6) is 0 Å². The van der Waals surface area contributed by atoms with Gasteiger partial charge in [-0.25, -0.2) is 0 Å². The Labute approximate surface area is 128 Å². The highest BCUT2D eigenvalue weighted by Gasteiger charge is 2.30. The molecule has 1 aromatic rings. The molecule has 1 aliphatic rings. The Bertz CT molecular complexity index is 417. The molecular weight excluding hydrogens is 262 g/mol. The van der Waals surface area contributed by atoms with Crippen molar-refractivity contribution in [1.29, 1.82) is 0 Å². The number of aliphatic hydroxyl groups excluding tert-OH is 1. The summed E-state index contributed by atoms with van der Waals surface area (Å²) >= 11 is 0. The van der Waals surface area contributed by atoms with Crippen molar-refractivity contribution in [3.8, 4) is 0 Å². The predicted molar refractivity (Wildman–Crippen MR) is 86.1 cm³/mol. The Morgan fingerprint density at radius 1 is 1.38 bits per heavy atom. The van der Waals surface area contributed by atoms with E-state index in [4.69, 9.17) is 10.8 Å². The van der Waals surface area contributed by atoms with E-state index in [1.807, 2.05) is 0 Å². The Morgan fingerprint density at radius 2 is 2.10 bits per heavy atom. The Morgan fingerprint density at radius 3 is 2.67 bits per heavy atom. The van der Waals surface area contributed by atoms with Crippen LogP contribution in [0.1, 0.15) is 64.1 Å². The predicted octanol–water partition coefficient (Wildman–Crippen LogP) is 2.91. The fourth-order valence-corrected chi connectivity index (χ4v) is 3.68. The second-order valence-electron chi connectivity index (χ2n) is 7.22. The molecule has 1 unspecified atom stereocenters. The summed E-state index contributed by atoms with van der Waals surface area (Å²) in [5.41, 5.74) is 6.82. The van der Waals surface area contributed by atoms with E-state index >= 15 is 0 Å². The summed E-state index contributed by atoms with van der Waals surface area (Å²) in [6, 6.07) is 2.67. The van der Waals surface area contributed by atoms with Crippen LogP contribution in [0.4, 0.5) is 0 Å². The molecule has 0 bridgehead atoms. The zero-order valence-corrected chi connectivity index (χ0v) is 13.6. The number of rotatable bonds is 7. The lowest BCUT2D eigenvalue weighted by Gasteiger charge is -2.31. The van der Waals surface area contributed by atoms with Crippen molar-refractivity contribution < 1.29 is 5.11 Å². The Balaban J connectivity index is 2.05. The average molecular weight is 293 g/mol. The lowest BCUT2D eigenvalue weighted by Crippen LogP contribution is -2.38. The molecule has 1 heterocycles. The molecule has 1 atom stereocenters. The van der Waals surface area contributed by atoms with Gasteiger partial charge in [0.25, 0.3) is 0 Å². The van der Waals surface area contributed by atoms with Gasteiger partial charge in [-0.2, -0.15) is 5.10 Å². The van der Waals surface area contributed by atoms with Crippen LogP contribution in [0.2, 0.25) is 0 Å². The highest BCUT2D eigenvalue weighted by Crippen LogP contribution is 2.31. The SMILES string of the molecule is CC(C)CC(CN)(CO)Cc1ccn(C2CCCCC2)n1. The summed E-state index contributed by atoms with van der Waals surface area (Å²) in [6.45, 7) is 5.01. The third-order valence-corrected chi connectivity index (χ3v) is 4.78. The van der Waals surface area contributed by atoms with Crippen molar-refractivity contribution in [3.05, 3.63) is 18.0 Å². The van der Waals surface area contributed by atoms with Crippen LogP contribution < -0.4 is 5.73 Å². The molecule has 0 aromatic carbocycles. The molecule has 4 nitrogen and oxygen atoms in total. The van der Waals surface area contributed by atoms with Crippen molar-refractivity contribution in [2.45, 2.75) is 64.8 Å². The van der Waals surface area contributed by atoms with Crippen LogP contribution >= 0.6 is 0 Å². The zero-order valence-electron chi connectivity index (χ0n) is 13.6. The van der Waals surface area contributed by atoms with Crippen LogP contribution in [0.3, 0.4) is 0 Å². The molecular formula is C17H31N3O. The molecule has 0 spiro atoms. The first-order valence-electron chi connectivity index (χ1n) is 8.43. The van der Waals surface area contributed by atoms with Crippen LogP contribution in [-0.4, -0.2) is 28.0 Å². The van der Waals surface area contributed by atoms with Gasteiger partial charge in [0.05, 0.1) is 18.3 Å². The van der Waals surface area contributed by atoms with E-state index in [1.54, 1.807) is 0 Å². The molecule has 0 aliphatic heterocycles. The van der Waals surface area contributed by atoms with Crippen molar-refractivity contribution in [3.63, 3.8) is 0 Å². The summed E-state index contributed by atoms with van der Waals surface area (Å²) in [6.07, 6.45) is 10.3. The minimum absolute atomic E-state index is 0.137. The van der Waals surface area contributed by atoms with Crippen LogP contribution in [-0.2, 0) is 6.42 Å². The van der Waals surface area contributed by atoms with E-state index in [0.29, 0.717) is 18.5 Å². The van der Waals surface area contributed by atoms with Crippen molar-refractivity contribution in [1.82, 2.24) is 9.78 Å². The minimum atomic E-state index is -0.222. The molecule has 2 rings (SSSR count). The standard InChI is InChI=1S/C17H31N3O/c1-14(2)10-17(12-18,13-21)11-15-8-9-20(19-15)16-6-4-3-5-7-16/h8-9,14,16,21H,3-7,10-13,18H2,1-2H3. The molecule has 3 N–H and O–H groups in total. The quantitative estimate of drug-likeness (QED) is 0.812. The molecule has 1 fully saturated rings. The van der Waals surface area contributed by atoms with E-state index in [-0.39, 0.29) is 12.0 Å². The van der Waals surface area contributed by atoms with Gasteiger partial charge in [0.2, 0.25) is 0 Å². The average Bonchev–Trinajstić information content (AvgIpc) is 2.95. The number of hydrogen-bond acceptors (Lipinski definition) is 3. The Hall–Kier alpha value is -0.870. The smallest absolute Gasteiger partial charge is 0.0631 e. The monoisotopic (exact) mass is 293 g/mol. The van der Waals surface area contributed by atoms with Gasteiger partial charge in [-0.05, 0) is 31.2 Å². The molecule has 0 saturated heterocycles. The second kappa shape index (κ2) is 7.41.